The van der Waals surface area contributed by atoms with Crippen LogP contribution in [0.4, 0.5) is 0 Å². The van der Waals surface area contributed by atoms with E-state index >= 15 is 0 Å². The molecule has 1 aromatic rings. The molecule has 0 aromatic heterocycles. The Kier molecular flexibility index (Phi) is 4.60. The van der Waals surface area contributed by atoms with Crippen molar-refractivity contribution in [3.05, 3.63) is 29.8 Å². The molecule has 4 nitrogen and oxygen atoms in total. The predicted molar refractivity (Wildman–Crippen MR) is 74.1 cm³/mol. The molecular formula is C14H21NO3S. The molecule has 5 heteroatoms. The van der Waals surface area contributed by atoms with Gasteiger partial charge in [-0.3, -0.25) is 0 Å². The van der Waals surface area contributed by atoms with Crippen LogP contribution in [-0.4, -0.2) is 20.1 Å². The zero-order valence-electron chi connectivity index (χ0n) is 11.2. The van der Waals surface area contributed by atoms with E-state index in [1.807, 2.05) is 0 Å². The number of nitrogens with one attached hydrogen (secondary N) is 1. The van der Waals surface area contributed by atoms with Crippen LogP contribution in [-0.2, 0) is 16.6 Å². The van der Waals surface area contributed by atoms with Crippen molar-refractivity contribution in [2.24, 2.45) is 11.8 Å². The van der Waals surface area contributed by atoms with Crippen LogP contribution in [0.25, 0.3) is 0 Å². The molecule has 2 N–H and O–H groups in total. The maximum Gasteiger partial charge on any atom is 0.240 e. The zero-order valence-corrected chi connectivity index (χ0v) is 12.0. The van der Waals surface area contributed by atoms with Gasteiger partial charge in [0.15, 0.2) is 0 Å². The van der Waals surface area contributed by atoms with Gasteiger partial charge in [0, 0.05) is 6.54 Å². The van der Waals surface area contributed by atoms with Gasteiger partial charge in [-0.25, -0.2) is 13.1 Å². The number of hydrogen-bond acceptors (Lipinski definition) is 3. The highest BCUT2D eigenvalue weighted by Crippen LogP contribution is 2.29. The number of sulfonamides is 1. The summed E-state index contributed by atoms with van der Waals surface area (Å²) in [6.07, 6.45) is 3.40. The average Bonchev–Trinajstić information content (AvgIpc) is 2.82. The van der Waals surface area contributed by atoms with E-state index in [0.29, 0.717) is 23.9 Å². The first-order valence-electron chi connectivity index (χ1n) is 6.70. The van der Waals surface area contributed by atoms with Crippen molar-refractivity contribution < 1.29 is 13.5 Å². The van der Waals surface area contributed by atoms with Crippen LogP contribution in [0.2, 0.25) is 0 Å². The summed E-state index contributed by atoms with van der Waals surface area (Å²) in [5.74, 6) is 1.17. The number of aliphatic hydroxyl groups excluding tert-OH is 1. The third-order valence-corrected chi connectivity index (χ3v) is 5.22. The zero-order chi connectivity index (χ0) is 13.9. The van der Waals surface area contributed by atoms with Gasteiger partial charge >= 0.3 is 0 Å². The number of aliphatic hydroxyl groups is 1. The highest BCUT2D eigenvalue weighted by molar-refractivity contribution is 7.89. The Hall–Kier alpha value is -0.910. The van der Waals surface area contributed by atoms with Gasteiger partial charge in [0.1, 0.15) is 0 Å². The minimum absolute atomic E-state index is 0.0757. The van der Waals surface area contributed by atoms with Crippen molar-refractivity contribution in [1.29, 1.82) is 0 Å². The van der Waals surface area contributed by atoms with Crippen LogP contribution in [0.15, 0.2) is 29.2 Å². The summed E-state index contributed by atoms with van der Waals surface area (Å²) in [7, 11) is -3.42. The molecule has 0 bridgehead atoms. The second-order valence-electron chi connectivity index (χ2n) is 5.44. The molecule has 0 amide bonds. The van der Waals surface area contributed by atoms with Crippen LogP contribution in [0.3, 0.4) is 0 Å². The molecule has 1 fully saturated rings. The van der Waals surface area contributed by atoms with Gasteiger partial charge in [-0.2, -0.15) is 0 Å². The summed E-state index contributed by atoms with van der Waals surface area (Å²) in [6.45, 7) is 2.66. The van der Waals surface area contributed by atoms with Crippen molar-refractivity contribution in [2.75, 3.05) is 6.54 Å². The van der Waals surface area contributed by atoms with Crippen molar-refractivity contribution in [1.82, 2.24) is 4.72 Å². The molecule has 1 saturated carbocycles. The van der Waals surface area contributed by atoms with E-state index in [1.54, 1.807) is 12.1 Å². The molecule has 19 heavy (non-hydrogen) atoms. The molecule has 2 rings (SSSR count). The maximum atomic E-state index is 12.1. The lowest BCUT2D eigenvalue weighted by molar-refractivity contribution is 0.282. The Balaban J connectivity index is 1.97. The molecule has 2 atom stereocenters. The van der Waals surface area contributed by atoms with Gasteiger partial charge in [-0.05, 0) is 42.4 Å². The average molecular weight is 283 g/mol. The lowest BCUT2D eigenvalue weighted by atomic mass is 10.1. The van der Waals surface area contributed by atoms with Gasteiger partial charge in [0.2, 0.25) is 10.0 Å². The Bertz CT molecular complexity index is 510. The highest BCUT2D eigenvalue weighted by Gasteiger charge is 2.23. The minimum atomic E-state index is -3.42. The van der Waals surface area contributed by atoms with Crippen molar-refractivity contribution in [3.8, 4) is 0 Å². The Labute approximate surface area is 114 Å². The quantitative estimate of drug-likeness (QED) is 0.867. The SMILES string of the molecule is CC1CCC(CNS(=O)(=O)c2ccc(CO)cc2)C1. The smallest absolute Gasteiger partial charge is 0.240 e. The molecule has 2 unspecified atom stereocenters. The summed E-state index contributed by atoms with van der Waals surface area (Å²) in [5.41, 5.74) is 0.712. The summed E-state index contributed by atoms with van der Waals surface area (Å²) in [4.78, 5) is 0.260. The van der Waals surface area contributed by atoms with E-state index in [0.717, 1.165) is 12.8 Å². The first-order chi connectivity index (χ1) is 9.01. The summed E-state index contributed by atoms with van der Waals surface area (Å²) in [5, 5.41) is 8.94. The fourth-order valence-corrected chi connectivity index (χ4v) is 3.71. The highest BCUT2D eigenvalue weighted by atomic mass is 32.2. The standard InChI is InChI=1S/C14H21NO3S/c1-11-2-3-13(8-11)9-15-19(17,18)14-6-4-12(10-16)5-7-14/h4-7,11,13,15-16H,2-3,8-10H2,1H3. The monoisotopic (exact) mass is 283 g/mol. The molecule has 106 valence electrons. The first kappa shape index (κ1) is 14.5. The van der Waals surface area contributed by atoms with Crippen molar-refractivity contribution >= 4 is 10.0 Å². The molecule has 1 aromatic carbocycles. The second-order valence-corrected chi connectivity index (χ2v) is 7.21. The van der Waals surface area contributed by atoms with Crippen LogP contribution >= 0.6 is 0 Å². The minimum Gasteiger partial charge on any atom is -0.392 e. The number of benzene rings is 1. The van der Waals surface area contributed by atoms with Crippen LogP contribution in [0.5, 0.6) is 0 Å². The van der Waals surface area contributed by atoms with E-state index in [-0.39, 0.29) is 11.5 Å². The van der Waals surface area contributed by atoms with E-state index in [1.165, 1.54) is 18.6 Å². The topological polar surface area (TPSA) is 66.4 Å². The number of hydrogen-bond donors (Lipinski definition) is 2. The Morgan fingerprint density at radius 3 is 2.47 bits per heavy atom. The molecule has 0 heterocycles. The molecule has 0 aliphatic heterocycles. The van der Waals surface area contributed by atoms with Gasteiger partial charge in [0.05, 0.1) is 11.5 Å². The Morgan fingerprint density at radius 1 is 1.26 bits per heavy atom. The fourth-order valence-electron chi connectivity index (χ4n) is 2.60. The Morgan fingerprint density at radius 2 is 1.95 bits per heavy atom. The van der Waals surface area contributed by atoms with Crippen LogP contribution in [0.1, 0.15) is 31.7 Å². The van der Waals surface area contributed by atoms with Gasteiger partial charge in [0.25, 0.3) is 0 Å². The van der Waals surface area contributed by atoms with E-state index in [9.17, 15) is 8.42 Å². The molecule has 1 aliphatic rings. The van der Waals surface area contributed by atoms with Gasteiger partial charge in [-0.1, -0.05) is 25.5 Å². The predicted octanol–water partition coefficient (Wildman–Crippen LogP) is 1.89. The van der Waals surface area contributed by atoms with Crippen molar-refractivity contribution in [2.45, 2.75) is 37.7 Å². The van der Waals surface area contributed by atoms with E-state index in [4.69, 9.17) is 5.11 Å². The lowest BCUT2D eigenvalue weighted by Gasteiger charge is -2.12. The molecular weight excluding hydrogens is 262 g/mol. The normalized spacial score (nSPS) is 23.7. The van der Waals surface area contributed by atoms with Crippen molar-refractivity contribution in [3.63, 3.8) is 0 Å². The second kappa shape index (κ2) is 6.03. The van der Waals surface area contributed by atoms with Crippen LogP contribution < -0.4 is 4.72 Å². The molecule has 0 spiro atoms. The molecule has 0 saturated heterocycles. The summed E-state index contributed by atoms with van der Waals surface area (Å²) in [6, 6.07) is 6.33. The number of rotatable bonds is 5. The lowest BCUT2D eigenvalue weighted by Crippen LogP contribution is -2.28. The fraction of sp³-hybridized carbons (Fsp3) is 0.571. The largest absolute Gasteiger partial charge is 0.392 e. The van der Waals surface area contributed by atoms with Gasteiger partial charge < -0.3 is 5.11 Å². The molecule has 0 radical (unpaired) electrons. The third-order valence-electron chi connectivity index (χ3n) is 3.78. The maximum absolute atomic E-state index is 12.1. The summed E-state index contributed by atoms with van der Waals surface area (Å²) < 4.78 is 26.9. The van der Waals surface area contributed by atoms with Crippen LogP contribution in [0, 0.1) is 11.8 Å². The van der Waals surface area contributed by atoms with E-state index < -0.39 is 10.0 Å². The third kappa shape index (κ3) is 3.78. The summed E-state index contributed by atoms with van der Waals surface area (Å²) >= 11 is 0. The van der Waals surface area contributed by atoms with E-state index in [2.05, 4.69) is 11.6 Å². The van der Waals surface area contributed by atoms with Gasteiger partial charge in [-0.15, -0.1) is 0 Å². The first-order valence-corrected chi connectivity index (χ1v) is 8.19. The molecule has 1 aliphatic carbocycles.